The maximum atomic E-state index is 5.43. The lowest BCUT2D eigenvalue weighted by molar-refractivity contribution is 1.19. The van der Waals surface area contributed by atoms with Crippen LogP contribution in [0.4, 0.5) is 0 Å². The molecule has 13 heavy (non-hydrogen) atoms. The summed E-state index contributed by atoms with van der Waals surface area (Å²) >= 11 is 0. The lowest BCUT2D eigenvalue weighted by Crippen LogP contribution is -2.05. The van der Waals surface area contributed by atoms with Gasteiger partial charge in [0, 0.05) is 17.5 Å². The maximum Gasteiger partial charge on any atom is 0.216 e. The van der Waals surface area contributed by atoms with E-state index >= 15 is 0 Å². The van der Waals surface area contributed by atoms with E-state index in [1.54, 1.807) is 6.20 Å². The minimum atomic E-state index is 0.357. The van der Waals surface area contributed by atoms with Gasteiger partial charge in [-0.15, -0.1) is 0 Å². The summed E-state index contributed by atoms with van der Waals surface area (Å²) in [6.45, 7) is 2.52. The number of nitrogens with zero attached hydrogens (tertiary/aromatic N) is 3. The second kappa shape index (κ2) is 2.97. The number of nitrogens with two attached hydrogens (primary N) is 1. The molecule has 1 aliphatic heterocycles. The van der Waals surface area contributed by atoms with Crippen LogP contribution in [-0.2, 0) is 0 Å². The first-order valence-corrected chi connectivity index (χ1v) is 4.06. The molecule has 4 nitrogen and oxygen atoms in total. The molecule has 4 heteroatoms. The third-order valence-corrected chi connectivity index (χ3v) is 1.88. The first-order chi connectivity index (χ1) is 6.25. The number of aliphatic imine (C=N–C) groups is 2. The Bertz CT molecular complexity index is 375. The maximum absolute atomic E-state index is 5.43. The molecular weight excluding hydrogens is 164 g/mol. The molecule has 0 radical (unpaired) electrons. The highest BCUT2D eigenvalue weighted by molar-refractivity contribution is 6.11. The van der Waals surface area contributed by atoms with E-state index in [9.17, 15) is 0 Å². The summed E-state index contributed by atoms with van der Waals surface area (Å²) in [5, 5.41) is 0. The van der Waals surface area contributed by atoms with E-state index < -0.39 is 0 Å². The van der Waals surface area contributed by atoms with Crippen LogP contribution in [-0.4, -0.2) is 23.2 Å². The number of rotatable bonds is 1. The zero-order valence-electron chi connectivity index (χ0n) is 7.36. The molecule has 0 fully saturated rings. The van der Waals surface area contributed by atoms with Gasteiger partial charge in [-0.2, -0.15) is 0 Å². The van der Waals surface area contributed by atoms with E-state index in [0.29, 0.717) is 12.5 Å². The Morgan fingerprint density at radius 1 is 1.38 bits per heavy atom. The fraction of sp³-hybridized carbons (Fsp3) is 0.222. The zero-order chi connectivity index (χ0) is 9.26. The van der Waals surface area contributed by atoms with Crippen molar-refractivity contribution in [3.05, 3.63) is 29.6 Å². The Kier molecular flexibility index (Phi) is 1.81. The molecule has 2 rings (SSSR count). The molecule has 1 aliphatic rings. The predicted octanol–water partition coefficient (Wildman–Crippen LogP) is 0.507. The standard InChI is InChI=1S/C9H10N4/c1-6-2-3-7(4-11-6)8-5-12-9(10)13-8/h2-4H,5H2,1H3,(H2,10,12). The third-order valence-electron chi connectivity index (χ3n) is 1.88. The van der Waals surface area contributed by atoms with Crippen molar-refractivity contribution < 1.29 is 0 Å². The van der Waals surface area contributed by atoms with Gasteiger partial charge in [-0.1, -0.05) is 0 Å². The molecular formula is C9H10N4. The van der Waals surface area contributed by atoms with Crippen molar-refractivity contribution in [3.63, 3.8) is 0 Å². The van der Waals surface area contributed by atoms with Gasteiger partial charge in [-0.25, -0.2) is 9.98 Å². The highest BCUT2D eigenvalue weighted by Gasteiger charge is 2.09. The largest absolute Gasteiger partial charge is 0.368 e. The van der Waals surface area contributed by atoms with Gasteiger partial charge in [-0.3, -0.25) is 4.98 Å². The lowest BCUT2D eigenvalue weighted by atomic mass is 10.2. The summed E-state index contributed by atoms with van der Waals surface area (Å²) < 4.78 is 0. The Balaban J connectivity index is 2.28. The molecule has 1 aromatic rings. The summed E-state index contributed by atoms with van der Waals surface area (Å²) in [7, 11) is 0. The van der Waals surface area contributed by atoms with Gasteiger partial charge in [0.25, 0.3) is 0 Å². The van der Waals surface area contributed by atoms with Gasteiger partial charge in [0.1, 0.15) is 0 Å². The van der Waals surface area contributed by atoms with Gasteiger partial charge in [0.15, 0.2) is 0 Å². The second-order valence-electron chi connectivity index (χ2n) is 2.92. The van der Waals surface area contributed by atoms with Crippen LogP contribution in [0.1, 0.15) is 11.3 Å². The summed E-state index contributed by atoms with van der Waals surface area (Å²) in [6, 6.07) is 3.93. The van der Waals surface area contributed by atoms with Crippen LogP contribution in [0.3, 0.4) is 0 Å². The molecule has 0 aromatic carbocycles. The topological polar surface area (TPSA) is 63.6 Å². The fourth-order valence-electron chi connectivity index (χ4n) is 1.16. The third kappa shape index (κ3) is 1.56. The molecule has 0 aliphatic carbocycles. The molecule has 0 unspecified atom stereocenters. The first kappa shape index (κ1) is 7.91. The molecule has 2 heterocycles. The molecule has 0 atom stereocenters. The quantitative estimate of drug-likeness (QED) is 0.674. The fourth-order valence-corrected chi connectivity index (χ4v) is 1.16. The van der Waals surface area contributed by atoms with Crippen LogP contribution in [0.2, 0.25) is 0 Å². The van der Waals surface area contributed by atoms with Crippen LogP contribution < -0.4 is 5.73 Å². The smallest absolute Gasteiger partial charge is 0.216 e. The summed E-state index contributed by atoms with van der Waals surface area (Å²) in [5.41, 5.74) is 8.32. The number of aryl methyl sites for hydroxylation is 1. The molecule has 1 aromatic heterocycles. The van der Waals surface area contributed by atoms with Crippen LogP contribution >= 0.6 is 0 Å². The SMILES string of the molecule is Cc1ccc(C2=NC(N)=NC2)cn1. The summed E-state index contributed by atoms with van der Waals surface area (Å²) in [6.07, 6.45) is 1.79. The molecule has 0 amide bonds. The first-order valence-electron chi connectivity index (χ1n) is 4.06. The summed E-state index contributed by atoms with van der Waals surface area (Å²) in [5.74, 6) is 0.357. The van der Waals surface area contributed by atoms with Gasteiger partial charge >= 0.3 is 0 Å². The van der Waals surface area contributed by atoms with E-state index in [2.05, 4.69) is 15.0 Å². The van der Waals surface area contributed by atoms with Crippen LogP contribution in [0, 0.1) is 6.92 Å². The Morgan fingerprint density at radius 2 is 2.23 bits per heavy atom. The minimum absolute atomic E-state index is 0.357. The molecule has 0 saturated heterocycles. The van der Waals surface area contributed by atoms with Gasteiger partial charge < -0.3 is 5.73 Å². The van der Waals surface area contributed by atoms with E-state index in [1.165, 1.54) is 0 Å². The number of guanidine groups is 1. The zero-order valence-corrected chi connectivity index (χ0v) is 7.36. The predicted molar refractivity (Wildman–Crippen MR) is 52.0 cm³/mol. The second-order valence-corrected chi connectivity index (χ2v) is 2.92. The van der Waals surface area contributed by atoms with E-state index in [0.717, 1.165) is 17.0 Å². The Labute approximate surface area is 76.2 Å². The molecule has 0 bridgehead atoms. The highest BCUT2D eigenvalue weighted by atomic mass is 15.1. The van der Waals surface area contributed by atoms with Crippen molar-refractivity contribution in [1.29, 1.82) is 0 Å². The number of hydrogen-bond acceptors (Lipinski definition) is 4. The van der Waals surface area contributed by atoms with Crippen LogP contribution in [0.25, 0.3) is 0 Å². The average molecular weight is 174 g/mol. The van der Waals surface area contributed by atoms with Crippen molar-refractivity contribution in [2.75, 3.05) is 6.54 Å². The van der Waals surface area contributed by atoms with Gasteiger partial charge in [0.05, 0.1) is 12.3 Å². The van der Waals surface area contributed by atoms with Crippen molar-refractivity contribution >= 4 is 11.7 Å². The summed E-state index contributed by atoms with van der Waals surface area (Å²) in [4.78, 5) is 12.2. The average Bonchev–Trinajstić information content (AvgIpc) is 2.53. The van der Waals surface area contributed by atoms with Gasteiger partial charge in [-0.05, 0) is 19.1 Å². The van der Waals surface area contributed by atoms with Crippen molar-refractivity contribution in [3.8, 4) is 0 Å². The molecule has 0 spiro atoms. The Hall–Kier alpha value is -1.71. The molecule has 66 valence electrons. The lowest BCUT2D eigenvalue weighted by Gasteiger charge is -1.98. The number of hydrogen-bond donors (Lipinski definition) is 1. The van der Waals surface area contributed by atoms with Crippen LogP contribution in [0.15, 0.2) is 28.3 Å². The number of pyridine rings is 1. The van der Waals surface area contributed by atoms with Gasteiger partial charge in [0.2, 0.25) is 5.96 Å². The van der Waals surface area contributed by atoms with Crippen molar-refractivity contribution in [2.24, 2.45) is 15.7 Å². The Morgan fingerprint density at radius 3 is 2.77 bits per heavy atom. The highest BCUT2D eigenvalue weighted by Crippen LogP contribution is 2.05. The minimum Gasteiger partial charge on any atom is -0.368 e. The van der Waals surface area contributed by atoms with Crippen LogP contribution in [0.5, 0.6) is 0 Å². The normalized spacial score (nSPS) is 15.5. The van der Waals surface area contributed by atoms with Crippen molar-refractivity contribution in [1.82, 2.24) is 4.98 Å². The van der Waals surface area contributed by atoms with Crippen molar-refractivity contribution in [2.45, 2.75) is 6.92 Å². The van der Waals surface area contributed by atoms with E-state index in [1.807, 2.05) is 19.1 Å². The number of aromatic nitrogens is 1. The molecule has 2 N–H and O–H groups in total. The molecule has 0 saturated carbocycles. The van der Waals surface area contributed by atoms with E-state index in [4.69, 9.17) is 5.73 Å². The van der Waals surface area contributed by atoms with E-state index in [-0.39, 0.29) is 0 Å². The monoisotopic (exact) mass is 174 g/mol.